The van der Waals surface area contributed by atoms with Gasteiger partial charge >= 0.3 is 12.1 Å². The van der Waals surface area contributed by atoms with E-state index in [-0.39, 0.29) is 40.1 Å². The van der Waals surface area contributed by atoms with Gasteiger partial charge in [0.2, 0.25) is 5.96 Å². The van der Waals surface area contributed by atoms with Crippen LogP contribution in [0.15, 0.2) is 59.6 Å². The second-order valence-corrected chi connectivity index (χ2v) is 10.4. The van der Waals surface area contributed by atoms with E-state index < -0.39 is 29.6 Å². The number of benzene rings is 3. The fourth-order valence-corrected chi connectivity index (χ4v) is 5.57. The molecular weight excluding hydrogens is 592 g/mol. The van der Waals surface area contributed by atoms with Crippen molar-refractivity contribution >= 4 is 40.6 Å². The summed E-state index contributed by atoms with van der Waals surface area (Å²) in [5, 5.41) is 0.0487. The predicted molar refractivity (Wildman–Crippen MR) is 155 cm³/mol. The van der Waals surface area contributed by atoms with Crippen LogP contribution in [0.2, 0.25) is 5.02 Å². The summed E-state index contributed by atoms with van der Waals surface area (Å²) in [6.45, 7) is 1.83. The van der Waals surface area contributed by atoms with Crippen LogP contribution in [0.4, 0.5) is 34.6 Å². The van der Waals surface area contributed by atoms with E-state index in [0.29, 0.717) is 31.9 Å². The van der Waals surface area contributed by atoms with Gasteiger partial charge in [-0.3, -0.25) is 4.79 Å². The van der Waals surface area contributed by atoms with Crippen molar-refractivity contribution in [1.29, 1.82) is 0 Å². The Labute approximate surface area is 251 Å². The molecule has 43 heavy (non-hydrogen) atoms. The third kappa shape index (κ3) is 6.15. The Morgan fingerprint density at radius 2 is 1.70 bits per heavy atom. The number of fused-ring (bicyclic) bond motifs is 1. The summed E-state index contributed by atoms with van der Waals surface area (Å²) >= 11 is 6.21. The second kappa shape index (κ2) is 12.2. The maximum Gasteiger partial charge on any atom is 0.416 e. The highest BCUT2D eigenvalue weighted by Crippen LogP contribution is 2.47. The topological polar surface area (TPSA) is 66.8 Å². The lowest BCUT2D eigenvalue weighted by molar-refractivity contribution is -0.141. The van der Waals surface area contributed by atoms with Gasteiger partial charge in [0, 0.05) is 48.5 Å². The number of esters is 1. The minimum absolute atomic E-state index is 0.00578. The third-order valence-corrected chi connectivity index (χ3v) is 7.71. The van der Waals surface area contributed by atoms with E-state index in [1.165, 1.54) is 31.3 Å². The van der Waals surface area contributed by atoms with Crippen LogP contribution >= 0.6 is 11.6 Å². The van der Waals surface area contributed by atoms with Crippen molar-refractivity contribution in [2.45, 2.75) is 18.6 Å². The summed E-state index contributed by atoms with van der Waals surface area (Å²) in [7, 11) is 4.12. The summed E-state index contributed by atoms with van der Waals surface area (Å²) < 4.78 is 73.0. The molecule has 5 rings (SSSR count). The van der Waals surface area contributed by atoms with E-state index in [1.807, 2.05) is 29.2 Å². The minimum Gasteiger partial charge on any atom is -0.497 e. The van der Waals surface area contributed by atoms with Gasteiger partial charge in [-0.1, -0.05) is 17.7 Å². The van der Waals surface area contributed by atoms with Crippen LogP contribution in [0.1, 0.15) is 23.6 Å². The molecule has 0 saturated carbocycles. The fraction of sp³-hybridized carbons (Fsp3) is 0.333. The van der Waals surface area contributed by atoms with Crippen LogP contribution in [-0.4, -0.2) is 64.3 Å². The average Bonchev–Trinajstić information content (AvgIpc) is 3.00. The Morgan fingerprint density at radius 1 is 0.977 bits per heavy atom. The Kier molecular flexibility index (Phi) is 8.59. The molecule has 1 unspecified atom stereocenters. The van der Waals surface area contributed by atoms with Crippen LogP contribution < -0.4 is 19.3 Å². The van der Waals surface area contributed by atoms with E-state index in [2.05, 4.69) is 9.89 Å². The minimum atomic E-state index is -4.67. The fourth-order valence-electron chi connectivity index (χ4n) is 5.36. The lowest BCUT2D eigenvalue weighted by Gasteiger charge is -2.45. The number of rotatable bonds is 6. The number of anilines is 2. The Bertz CT molecular complexity index is 1540. The molecule has 1 fully saturated rings. The first-order chi connectivity index (χ1) is 20.5. The molecular formula is C30H29ClF4N4O4. The van der Waals surface area contributed by atoms with Gasteiger partial charge in [-0.15, -0.1) is 0 Å². The van der Waals surface area contributed by atoms with E-state index >= 15 is 4.39 Å². The molecule has 2 aliphatic heterocycles. The molecule has 13 heteroatoms. The van der Waals surface area contributed by atoms with Crippen molar-refractivity contribution in [3.05, 3.63) is 76.6 Å². The molecule has 3 aromatic rings. The summed E-state index contributed by atoms with van der Waals surface area (Å²) in [6.07, 6.45) is -4.99. The number of carbonyl (C=O) groups is 1. The number of hydrogen-bond donors (Lipinski definition) is 0. The summed E-state index contributed by atoms with van der Waals surface area (Å²) in [6, 6.07) is 12.2. The number of nitrogens with zero attached hydrogens (tertiary/aromatic N) is 4. The average molecular weight is 621 g/mol. The molecule has 0 aromatic heterocycles. The van der Waals surface area contributed by atoms with E-state index in [1.54, 1.807) is 7.11 Å². The molecule has 0 amide bonds. The molecule has 8 nitrogen and oxygen atoms in total. The first-order valence-corrected chi connectivity index (χ1v) is 13.7. The molecule has 228 valence electrons. The van der Waals surface area contributed by atoms with Gasteiger partial charge in [0.1, 0.15) is 17.2 Å². The summed E-state index contributed by atoms with van der Waals surface area (Å²) in [5.41, 5.74) is 0.201. The van der Waals surface area contributed by atoms with Gasteiger partial charge < -0.3 is 28.9 Å². The monoisotopic (exact) mass is 620 g/mol. The van der Waals surface area contributed by atoms with Crippen molar-refractivity contribution in [2.75, 3.05) is 57.3 Å². The second-order valence-electron chi connectivity index (χ2n) is 9.96. The molecule has 3 aromatic carbocycles. The maximum absolute atomic E-state index is 15.4. The van der Waals surface area contributed by atoms with Crippen molar-refractivity contribution < 1.29 is 36.6 Å². The van der Waals surface area contributed by atoms with Crippen LogP contribution in [0.5, 0.6) is 11.5 Å². The highest BCUT2D eigenvalue weighted by Gasteiger charge is 2.40. The Balaban J connectivity index is 1.63. The van der Waals surface area contributed by atoms with Crippen molar-refractivity contribution in [3.8, 4) is 11.5 Å². The quantitative estimate of drug-likeness (QED) is 0.232. The first-order valence-electron chi connectivity index (χ1n) is 13.4. The number of halogens is 5. The van der Waals surface area contributed by atoms with Gasteiger partial charge in [-0.25, -0.2) is 9.38 Å². The Hall–Kier alpha value is -4.19. The van der Waals surface area contributed by atoms with Crippen molar-refractivity contribution in [3.63, 3.8) is 0 Å². The highest BCUT2D eigenvalue weighted by molar-refractivity contribution is 6.30. The Morgan fingerprint density at radius 3 is 2.35 bits per heavy atom. The zero-order valence-electron chi connectivity index (χ0n) is 23.6. The molecule has 1 saturated heterocycles. The van der Waals surface area contributed by atoms with Crippen molar-refractivity contribution in [2.24, 2.45) is 4.99 Å². The summed E-state index contributed by atoms with van der Waals surface area (Å²) in [5.74, 6) is -0.394. The molecule has 1 atom stereocenters. The van der Waals surface area contributed by atoms with Crippen LogP contribution in [0.3, 0.4) is 0 Å². The standard InChI is InChI=1S/C30H29ClF4N4O4/c1-41-21-6-4-5-20(16-21)37-9-11-38(12-10-37)29-36-28-22(14-19(31)15-23(28)32)24(17-27(40)43-3)39(29)25-13-18(30(33,34)35)7-8-26(25)42-2/h4-8,13-16,24H,9-12,17H2,1-3H3. The number of alkyl halides is 3. The number of carbonyl (C=O) groups excluding carboxylic acids is 1. The molecule has 0 radical (unpaired) electrons. The third-order valence-electron chi connectivity index (χ3n) is 7.49. The van der Waals surface area contributed by atoms with Gasteiger partial charge in [0.25, 0.3) is 0 Å². The number of methoxy groups -OCH3 is 3. The normalized spacial score (nSPS) is 16.9. The van der Waals surface area contributed by atoms with E-state index in [9.17, 15) is 18.0 Å². The zero-order chi connectivity index (χ0) is 30.9. The van der Waals surface area contributed by atoms with Gasteiger partial charge in [-0.05, 0) is 42.5 Å². The van der Waals surface area contributed by atoms with Crippen LogP contribution in [0.25, 0.3) is 0 Å². The van der Waals surface area contributed by atoms with Crippen molar-refractivity contribution in [1.82, 2.24) is 4.90 Å². The smallest absolute Gasteiger partial charge is 0.416 e. The van der Waals surface area contributed by atoms with Gasteiger partial charge in [0.05, 0.1) is 45.0 Å². The molecule has 0 bridgehead atoms. The lowest BCUT2D eigenvalue weighted by atomic mass is 9.96. The molecule has 2 aliphatic rings. The number of hydrogen-bond acceptors (Lipinski definition) is 8. The molecule has 0 spiro atoms. The molecule has 0 aliphatic carbocycles. The largest absolute Gasteiger partial charge is 0.497 e. The van der Waals surface area contributed by atoms with E-state index in [0.717, 1.165) is 23.9 Å². The summed E-state index contributed by atoms with van der Waals surface area (Å²) in [4.78, 5) is 22.8. The number of aliphatic imine (C=N–C) groups is 1. The van der Waals surface area contributed by atoms with E-state index in [4.69, 9.17) is 25.8 Å². The predicted octanol–water partition coefficient (Wildman–Crippen LogP) is 6.45. The van der Waals surface area contributed by atoms with Gasteiger partial charge in [-0.2, -0.15) is 13.2 Å². The molecule has 0 N–H and O–H groups in total. The maximum atomic E-state index is 15.4. The number of piperazine rings is 1. The number of guanidine groups is 1. The highest BCUT2D eigenvalue weighted by atomic mass is 35.5. The van der Waals surface area contributed by atoms with Gasteiger partial charge in [0.15, 0.2) is 5.82 Å². The van der Waals surface area contributed by atoms with Crippen LogP contribution in [-0.2, 0) is 15.7 Å². The SMILES string of the molecule is COC(=O)CC1c2cc(Cl)cc(F)c2N=C(N2CCN(c3cccc(OC)c3)CC2)N1c1cc(C(F)(F)F)ccc1OC. The first kappa shape index (κ1) is 30.3. The molecule has 2 heterocycles. The number of ether oxygens (including phenoxy) is 3. The van der Waals surface area contributed by atoms with Crippen LogP contribution in [0, 0.1) is 5.82 Å². The lowest BCUT2D eigenvalue weighted by Crippen LogP contribution is -2.55. The zero-order valence-corrected chi connectivity index (χ0v) is 24.4.